The predicted molar refractivity (Wildman–Crippen MR) is 69.4 cm³/mol. The predicted octanol–water partition coefficient (Wildman–Crippen LogP) is 1.79. The van der Waals surface area contributed by atoms with Crippen LogP contribution >= 0.6 is 0 Å². The van der Waals surface area contributed by atoms with Crippen LogP contribution in [0.3, 0.4) is 0 Å². The minimum Gasteiger partial charge on any atom is -0.395 e. The molecular formula is C13H17F3N2O2. The molecule has 1 amide bonds. The quantitative estimate of drug-likeness (QED) is 0.840. The van der Waals surface area contributed by atoms with Crippen LogP contribution in [0.25, 0.3) is 0 Å². The van der Waals surface area contributed by atoms with Crippen molar-refractivity contribution in [2.75, 3.05) is 31.6 Å². The minimum absolute atomic E-state index is 0.208. The van der Waals surface area contributed by atoms with Gasteiger partial charge in [0.1, 0.15) is 0 Å². The van der Waals surface area contributed by atoms with E-state index >= 15 is 0 Å². The van der Waals surface area contributed by atoms with Crippen molar-refractivity contribution in [3.8, 4) is 0 Å². The van der Waals surface area contributed by atoms with E-state index in [9.17, 15) is 18.0 Å². The fourth-order valence-corrected chi connectivity index (χ4v) is 1.74. The zero-order valence-electron chi connectivity index (χ0n) is 11.1. The SMILES string of the molecule is Cc1cccc(NC(=O)CN(CCO)CC(F)(F)F)c1. The van der Waals surface area contributed by atoms with Crippen LogP contribution in [0.5, 0.6) is 0 Å². The van der Waals surface area contributed by atoms with Crippen molar-refractivity contribution in [3.05, 3.63) is 29.8 Å². The Morgan fingerprint density at radius 3 is 2.65 bits per heavy atom. The number of anilines is 1. The van der Waals surface area contributed by atoms with Gasteiger partial charge in [0.25, 0.3) is 0 Å². The number of nitrogens with one attached hydrogen (secondary N) is 1. The van der Waals surface area contributed by atoms with Crippen LogP contribution in [-0.4, -0.2) is 48.3 Å². The van der Waals surface area contributed by atoms with Crippen molar-refractivity contribution >= 4 is 11.6 Å². The van der Waals surface area contributed by atoms with E-state index in [4.69, 9.17) is 5.11 Å². The fourth-order valence-electron chi connectivity index (χ4n) is 1.74. The summed E-state index contributed by atoms with van der Waals surface area (Å²) in [5.41, 5.74) is 1.47. The standard InChI is InChI=1S/C13H17F3N2O2/c1-10-3-2-4-11(7-10)17-12(20)8-18(5-6-19)9-13(14,15)16/h2-4,7,19H,5-6,8-9H2,1H3,(H,17,20). The summed E-state index contributed by atoms with van der Waals surface area (Å²) < 4.78 is 36.9. The zero-order chi connectivity index (χ0) is 15.2. The van der Waals surface area contributed by atoms with Crippen LogP contribution in [0.4, 0.5) is 18.9 Å². The number of rotatable bonds is 6. The van der Waals surface area contributed by atoms with Gasteiger partial charge in [0, 0.05) is 12.2 Å². The Morgan fingerprint density at radius 2 is 2.10 bits per heavy atom. The molecule has 0 aliphatic rings. The monoisotopic (exact) mass is 290 g/mol. The summed E-state index contributed by atoms with van der Waals surface area (Å²) in [6.07, 6.45) is -4.40. The molecule has 0 unspecified atom stereocenters. The van der Waals surface area contributed by atoms with Gasteiger partial charge in [-0.25, -0.2) is 0 Å². The molecule has 0 fully saturated rings. The Kier molecular flexibility index (Phi) is 5.97. The number of aliphatic hydroxyl groups excluding tert-OH is 1. The van der Waals surface area contributed by atoms with Crippen LogP contribution < -0.4 is 5.32 Å². The highest BCUT2D eigenvalue weighted by Gasteiger charge is 2.31. The average Bonchev–Trinajstić information content (AvgIpc) is 2.26. The molecule has 0 heterocycles. The van der Waals surface area contributed by atoms with Crippen molar-refractivity contribution in [1.29, 1.82) is 0 Å². The van der Waals surface area contributed by atoms with E-state index in [0.29, 0.717) is 5.69 Å². The number of hydrogen-bond acceptors (Lipinski definition) is 3. The number of halogens is 3. The van der Waals surface area contributed by atoms with Crippen LogP contribution in [0.15, 0.2) is 24.3 Å². The number of hydrogen-bond donors (Lipinski definition) is 2. The first-order chi connectivity index (χ1) is 9.30. The second kappa shape index (κ2) is 7.25. The molecule has 7 heteroatoms. The number of aliphatic hydroxyl groups is 1. The first-order valence-corrected chi connectivity index (χ1v) is 6.06. The van der Waals surface area contributed by atoms with Gasteiger partial charge in [-0.2, -0.15) is 13.2 Å². The van der Waals surface area contributed by atoms with Crippen LogP contribution in [0, 0.1) is 6.92 Å². The fraction of sp³-hybridized carbons (Fsp3) is 0.462. The molecule has 0 radical (unpaired) electrons. The summed E-state index contributed by atoms with van der Waals surface area (Å²) >= 11 is 0. The molecule has 0 aromatic heterocycles. The van der Waals surface area contributed by atoms with Gasteiger partial charge >= 0.3 is 6.18 Å². The van der Waals surface area contributed by atoms with Gasteiger partial charge in [0.2, 0.25) is 5.91 Å². The van der Waals surface area contributed by atoms with Gasteiger partial charge in [-0.15, -0.1) is 0 Å². The lowest BCUT2D eigenvalue weighted by Crippen LogP contribution is -2.41. The second-order valence-electron chi connectivity index (χ2n) is 4.47. The molecule has 0 saturated carbocycles. The lowest BCUT2D eigenvalue weighted by atomic mass is 10.2. The van der Waals surface area contributed by atoms with E-state index in [-0.39, 0.29) is 6.54 Å². The molecular weight excluding hydrogens is 273 g/mol. The van der Waals surface area contributed by atoms with Crippen molar-refractivity contribution in [3.63, 3.8) is 0 Å². The van der Waals surface area contributed by atoms with E-state index in [1.54, 1.807) is 18.2 Å². The molecule has 0 spiro atoms. The first-order valence-electron chi connectivity index (χ1n) is 6.06. The highest BCUT2D eigenvalue weighted by atomic mass is 19.4. The molecule has 112 valence electrons. The summed E-state index contributed by atoms with van der Waals surface area (Å²) in [6.45, 7) is -0.450. The lowest BCUT2D eigenvalue weighted by molar-refractivity contribution is -0.148. The number of nitrogens with zero attached hydrogens (tertiary/aromatic N) is 1. The third-order valence-corrected chi connectivity index (χ3v) is 2.49. The Labute approximate surface area is 115 Å². The van der Waals surface area contributed by atoms with E-state index in [1.807, 2.05) is 13.0 Å². The van der Waals surface area contributed by atoms with Crippen LogP contribution in [-0.2, 0) is 4.79 Å². The lowest BCUT2D eigenvalue weighted by Gasteiger charge is -2.22. The summed E-state index contributed by atoms with van der Waals surface area (Å²) in [5, 5.41) is 11.3. The number of carbonyl (C=O) groups is 1. The highest BCUT2D eigenvalue weighted by molar-refractivity contribution is 5.92. The maximum Gasteiger partial charge on any atom is 0.401 e. The molecule has 0 aliphatic carbocycles. The molecule has 0 atom stereocenters. The van der Waals surface area contributed by atoms with E-state index < -0.39 is 31.8 Å². The van der Waals surface area contributed by atoms with Crippen LogP contribution in [0.1, 0.15) is 5.56 Å². The Balaban J connectivity index is 2.57. The summed E-state index contributed by atoms with van der Waals surface area (Å²) in [5.74, 6) is -0.548. The van der Waals surface area contributed by atoms with Gasteiger partial charge in [0.15, 0.2) is 0 Å². The number of alkyl halides is 3. The summed E-state index contributed by atoms with van der Waals surface area (Å²) in [6, 6.07) is 6.96. The minimum atomic E-state index is -4.40. The topological polar surface area (TPSA) is 52.6 Å². The zero-order valence-corrected chi connectivity index (χ0v) is 11.1. The second-order valence-corrected chi connectivity index (χ2v) is 4.47. The van der Waals surface area contributed by atoms with Gasteiger partial charge < -0.3 is 10.4 Å². The number of carbonyl (C=O) groups excluding carboxylic acids is 1. The average molecular weight is 290 g/mol. The first kappa shape index (κ1) is 16.5. The van der Waals surface area contributed by atoms with E-state index in [2.05, 4.69) is 5.32 Å². The van der Waals surface area contributed by atoms with Gasteiger partial charge in [-0.1, -0.05) is 12.1 Å². The van der Waals surface area contributed by atoms with Crippen molar-refractivity contribution in [2.45, 2.75) is 13.1 Å². The smallest absolute Gasteiger partial charge is 0.395 e. The van der Waals surface area contributed by atoms with Crippen molar-refractivity contribution in [1.82, 2.24) is 4.90 Å². The number of benzene rings is 1. The maximum absolute atomic E-state index is 12.3. The third-order valence-electron chi connectivity index (χ3n) is 2.49. The maximum atomic E-state index is 12.3. The van der Waals surface area contributed by atoms with E-state index in [1.165, 1.54) is 0 Å². The Hall–Kier alpha value is -1.60. The number of aryl methyl sites for hydroxylation is 1. The summed E-state index contributed by atoms with van der Waals surface area (Å²) in [7, 11) is 0. The number of amides is 1. The highest BCUT2D eigenvalue weighted by Crippen LogP contribution is 2.16. The molecule has 20 heavy (non-hydrogen) atoms. The summed E-state index contributed by atoms with van der Waals surface area (Å²) in [4.78, 5) is 12.5. The molecule has 0 saturated heterocycles. The molecule has 2 N–H and O–H groups in total. The molecule has 1 aromatic carbocycles. The van der Waals surface area contributed by atoms with Crippen molar-refractivity contribution < 1.29 is 23.1 Å². The van der Waals surface area contributed by atoms with Crippen molar-refractivity contribution in [2.24, 2.45) is 0 Å². The Morgan fingerprint density at radius 1 is 1.40 bits per heavy atom. The molecule has 1 aromatic rings. The third kappa shape index (κ3) is 6.53. The molecule has 4 nitrogen and oxygen atoms in total. The molecule has 0 aliphatic heterocycles. The van der Waals surface area contributed by atoms with E-state index in [0.717, 1.165) is 10.5 Å². The van der Waals surface area contributed by atoms with Gasteiger partial charge in [-0.05, 0) is 24.6 Å². The molecule has 0 bridgehead atoms. The largest absolute Gasteiger partial charge is 0.401 e. The van der Waals surface area contributed by atoms with Crippen LogP contribution in [0.2, 0.25) is 0 Å². The normalized spacial score (nSPS) is 11.7. The Bertz CT molecular complexity index is 449. The molecule has 1 rings (SSSR count). The van der Waals surface area contributed by atoms with Gasteiger partial charge in [0.05, 0.1) is 19.7 Å². The van der Waals surface area contributed by atoms with Gasteiger partial charge in [-0.3, -0.25) is 9.69 Å².